The molecule has 17 heavy (non-hydrogen) atoms. The molecule has 2 N–H and O–H groups in total. The number of rotatable bonds is 4. The van der Waals surface area contributed by atoms with Gasteiger partial charge >= 0.3 is 0 Å². The molecule has 0 bridgehead atoms. The van der Waals surface area contributed by atoms with Gasteiger partial charge in [-0.1, -0.05) is 38.0 Å². The molecule has 1 aliphatic rings. The molecular weight excluding hydrogens is 210 g/mol. The average molecular weight is 233 g/mol. The third-order valence-corrected chi connectivity index (χ3v) is 3.97. The molecule has 2 nitrogen and oxygen atoms in total. The van der Waals surface area contributed by atoms with E-state index in [2.05, 4.69) is 19.1 Å². The molecule has 0 amide bonds. The number of benzene rings is 1. The van der Waals surface area contributed by atoms with E-state index in [0.717, 1.165) is 11.7 Å². The van der Waals surface area contributed by atoms with Gasteiger partial charge < -0.3 is 10.5 Å². The predicted octanol–water partition coefficient (Wildman–Crippen LogP) is 3.52. The van der Waals surface area contributed by atoms with Crippen LogP contribution in [0.15, 0.2) is 24.3 Å². The maximum Gasteiger partial charge on any atom is 0.124 e. The monoisotopic (exact) mass is 233 g/mol. The Labute approximate surface area is 104 Å². The summed E-state index contributed by atoms with van der Waals surface area (Å²) in [6, 6.07) is 8.32. The van der Waals surface area contributed by atoms with Gasteiger partial charge in [0.1, 0.15) is 5.75 Å². The summed E-state index contributed by atoms with van der Waals surface area (Å²) in [5, 5.41) is 0. The van der Waals surface area contributed by atoms with E-state index in [1.807, 2.05) is 19.1 Å². The quantitative estimate of drug-likeness (QED) is 0.863. The van der Waals surface area contributed by atoms with E-state index in [0.29, 0.717) is 12.5 Å². The zero-order valence-electron chi connectivity index (χ0n) is 10.9. The molecule has 1 aromatic carbocycles. The van der Waals surface area contributed by atoms with Crippen LogP contribution in [0.5, 0.6) is 5.75 Å². The fraction of sp³-hybridized carbons (Fsp3) is 0.600. The normalized spacial score (nSPS) is 25.8. The minimum absolute atomic E-state index is 0.121. The van der Waals surface area contributed by atoms with Crippen LogP contribution in [0, 0.1) is 11.8 Å². The fourth-order valence-electron chi connectivity index (χ4n) is 2.98. The van der Waals surface area contributed by atoms with E-state index in [9.17, 15) is 0 Å². The van der Waals surface area contributed by atoms with Crippen molar-refractivity contribution in [1.29, 1.82) is 0 Å². The summed E-state index contributed by atoms with van der Waals surface area (Å²) < 4.78 is 5.67. The number of hydrogen-bond acceptors (Lipinski definition) is 2. The summed E-state index contributed by atoms with van der Waals surface area (Å²) >= 11 is 0. The molecule has 0 radical (unpaired) electrons. The Hall–Kier alpha value is -1.02. The Kier molecular flexibility index (Phi) is 4.06. The van der Waals surface area contributed by atoms with Crippen LogP contribution < -0.4 is 10.5 Å². The highest BCUT2D eigenvalue weighted by Crippen LogP contribution is 2.40. The van der Waals surface area contributed by atoms with Gasteiger partial charge in [-0.05, 0) is 31.2 Å². The lowest BCUT2D eigenvalue weighted by atomic mass is 9.86. The summed E-state index contributed by atoms with van der Waals surface area (Å²) in [5.74, 6) is 2.30. The molecule has 94 valence electrons. The van der Waals surface area contributed by atoms with Gasteiger partial charge in [-0.15, -0.1) is 0 Å². The lowest BCUT2D eigenvalue weighted by Gasteiger charge is -2.25. The van der Waals surface area contributed by atoms with Crippen molar-refractivity contribution < 1.29 is 4.74 Å². The minimum atomic E-state index is 0.121. The van der Waals surface area contributed by atoms with Gasteiger partial charge in [-0.3, -0.25) is 0 Å². The zero-order valence-corrected chi connectivity index (χ0v) is 10.9. The van der Waals surface area contributed by atoms with Crippen molar-refractivity contribution in [1.82, 2.24) is 0 Å². The molecule has 0 heterocycles. The molecule has 0 saturated heterocycles. The van der Waals surface area contributed by atoms with Crippen molar-refractivity contribution in [2.24, 2.45) is 17.6 Å². The molecule has 1 aliphatic carbocycles. The molecule has 0 aliphatic heterocycles. The summed E-state index contributed by atoms with van der Waals surface area (Å²) in [6.45, 7) is 5.03. The van der Waals surface area contributed by atoms with Crippen molar-refractivity contribution in [2.75, 3.05) is 6.61 Å². The molecule has 1 aromatic rings. The van der Waals surface area contributed by atoms with E-state index in [4.69, 9.17) is 10.5 Å². The third kappa shape index (κ3) is 2.63. The van der Waals surface area contributed by atoms with Crippen LogP contribution in [0.2, 0.25) is 0 Å². The van der Waals surface area contributed by atoms with Gasteiger partial charge in [0.25, 0.3) is 0 Å². The van der Waals surface area contributed by atoms with Gasteiger partial charge in [0, 0.05) is 11.6 Å². The molecule has 0 spiro atoms. The molecule has 2 heteroatoms. The molecule has 2 rings (SSSR count). The summed E-state index contributed by atoms with van der Waals surface area (Å²) in [7, 11) is 0. The number of ether oxygens (including phenoxy) is 1. The summed E-state index contributed by atoms with van der Waals surface area (Å²) in [5.41, 5.74) is 7.62. The number of para-hydroxylation sites is 1. The lowest BCUT2D eigenvalue weighted by Crippen LogP contribution is -2.23. The van der Waals surface area contributed by atoms with Crippen LogP contribution in [0.1, 0.15) is 44.7 Å². The largest absolute Gasteiger partial charge is 0.494 e. The van der Waals surface area contributed by atoms with Crippen LogP contribution in [0.3, 0.4) is 0 Å². The Bertz CT molecular complexity index is 364. The maximum absolute atomic E-state index is 6.44. The molecule has 0 aromatic heterocycles. The first kappa shape index (κ1) is 12.4. The highest BCUT2D eigenvalue weighted by molar-refractivity contribution is 5.36. The number of hydrogen-bond donors (Lipinski definition) is 1. The van der Waals surface area contributed by atoms with Crippen molar-refractivity contribution in [3.8, 4) is 5.75 Å². The van der Waals surface area contributed by atoms with Gasteiger partial charge in [0.05, 0.1) is 6.61 Å². The van der Waals surface area contributed by atoms with Gasteiger partial charge in [0.15, 0.2) is 0 Å². The standard InChI is InChI=1S/C15H23NO/c1-3-17-14-10-5-4-8-13(14)15(16)12-9-6-7-11(12)2/h4-5,8,10-12,15H,3,6-7,9,16H2,1-2H3. The second kappa shape index (κ2) is 5.54. The van der Waals surface area contributed by atoms with Crippen LogP contribution in [-0.4, -0.2) is 6.61 Å². The Morgan fingerprint density at radius 3 is 2.76 bits per heavy atom. The number of nitrogens with two attached hydrogens (primary N) is 1. The first-order chi connectivity index (χ1) is 8.24. The molecule has 3 atom stereocenters. The van der Waals surface area contributed by atoms with E-state index in [1.54, 1.807) is 0 Å². The van der Waals surface area contributed by atoms with Crippen molar-refractivity contribution in [3.63, 3.8) is 0 Å². The predicted molar refractivity (Wildman–Crippen MR) is 71.0 cm³/mol. The van der Waals surface area contributed by atoms with E-state index < -0.39 is 0 Å². The Balaban J connectivity index is 2.20. The van der Waals surface area contributed by atoms with E-state index in [1.165, 1.54) is 24.8 Å². The average Bonchev–Trinajstić information content (AvgIpc) is 2.76. The van der Waals surface area contributed by atoms with E-state index in [-0.39, 0.29) is 6.04 Å². The van der Waals surface area contributed by atoms with Crippen molar-refractivity contribution in [2.45, 2.75) is 39.2 Å². The van der Waals surface area contributed by atoms with Crippen molar-refractivity contribution in [3.05, 3.63) is 29.8 Å². The molecule has 1 fully saturated rings. The summed E-state index contributed by atoms with van der Waals surface area (Å²) in [4.78, 5) is 0. The Morgan fingerprint density at radius 2 is 2.12 bits per heavy atom. The zero-order chi connectivity index (χ0) is 12.3. The van der Waals surface area contributed by atoms with Gasteiger partial charge in [0.2, 0.25) is 0 Å². The maximum atomic E-state index is 6.44. The molecule has 3 unspecified atom stereocenters. The minimum Gasteiger partial charge on any atom is -0.494 e. The third-order valence-electron chi connectivity index (χ3n) is 3.97. The SMILES string of the molecule is CCOc1ccccc1C(N)C1CCCC1C. The Morgan fingerprint density at radius 1 is 1.35 bits per heavy atom. The van der Waals surface area contributed by atoms with Crippen LogP contribution in [0.4, 0.5) is 0 Å². The molecule has 1 saturated carbocycles. The smallest absolute Gasteiger partial charge is 0.124 e. The summed E-state index contributed by atoms with van der Waals surface area (Å²) in [6.07, 6.45) is 3.88. The fourth-order valence-corrected chi connectivity index (χ4v) is 2.98. The first-order valence-electron chi connectivity index (χ1n) is 6.71. The van der Waals surface area contributed by atoms with E-state index >= 15 is 0 Å². The van der Waals surface area contributed by atoms with Crippen molar-refractivity contribution >= 4 is 0 Å². The first-order valence-corrected chi connectivity index (χ1v) is 6.71. The second-order valence-corrected chi connectivity index (χ2v) is 5.07. The van der Waals surface area contributed by atoms with Gasteiger partial charge in [-0.25, -0.2) is 0 Å². The highest BCUT2D eigenvalue weighted by Gasteiger charge is 2.30. The van der Waals surface area contributed by atoms with Crippen LogP contribution >= 0.6 is 0 Å². The second-order valence-electron chi connectivity index (χ2n) is 5.07. The lowest BCUT2D eigenvalue weighted by molar-refractivity contribution is 0.312. The highest BCUT2D eigenvalue weighted by atomic mass is 16.5. The van der Waals surface area contributed by atoms with Gasteiger partial charge in [-0.2, -0.15) is 0 Å². The molecular formula is C15H23NO. The van der Waals surface area contributed by atoms with Crippen LogP contribution in [-0.2, 0) is 0 Å². The van der Waals surface area contributed by atoms with Crippen LogP contribution in [0.25, 0.3) is 0 Å². The topological polar surface area (TPSA) is 35.2 Å².